The maximum absolute atomic E-state index is 11.6. The second kappa shape index (κ2) is 5.27. The molecule has 1 amide bonds. The van der Waals surface area contributed by atoms with Gasteiger partial charge in [0.05, 0.1) is 11.8 Å². The zero-order valence-electron chi connectivity index (χ0n) is 9.27. The van der Waals surface area contributed by atoms with Crippen LogP contribution in [0.15, 0.2) is 35.5 Å². The number of oxime groups is 1. The molecule has 0 aliphatic carbocycles. The van der Waals surface area contributed by atoms with Crippen molar-refractivity contribution < 1.29 is 10.0 Å². The average molecular weight is 221 g/mol. The van der Waals surface area contributed by atoms with Gasteiger partial charge in [-0.1, -0.05) is 18.2 Å². The Kier molecular flexibility index (Phi) is 4.02. The van der Waals surface area contributed by atoms with Crippen LogP contribution in [0, 0.1) is 0 Å². The molecule has 0 aliphatic heterocycles. The number of benzene rings is 1. The van der Waals surface area contributed by atoms with Gasteiger partial charge in [0, 0.05) is 5.56 Å². The third-order valence-corrected chi connectivity index (χ3v) is 1.91. The van der Waals surface area contributed by atoms with Crippen LogP contribution < -0.4 is 10.9 Å². The molecule has 0 atom stereocenters. The lowest BCUT2D eigenvalue weighted by Crippen LogP contribution is -2.51. The van der Waals surface area contributed by atoms with E-state index in [2.05, 4.69) is 16.0 Å². The SMILES string of the molecule is CC(C)(C=NO)NNC(=O)c1ccccc1. The maximum Gasteiger partial charge on any atom is 0.265 e. The van der Waals surface area contributed by atoms with Crippen molar-refractivity contribution in [2.24, 2.45) is 5.16 Å². The molecule has 16 heavy (non-hydrogen) atoms. The molecule has 3 N–H and O–H groups in total. The van der Waals surface area contributed by atoms with E-state index in [-0.39, 0.29) is 5.91 Å². The molecular formula is C11H15N3O2. The number of hydrogen-bond acceptors (Lipinski definition) is 4. The van der Waals surface area contributed by atoms with Crippen LogP contribution in [0.4, 0.5) is 0 Å². The van der Waals surface area contributed by atoms with Crippen molar-refractivity contribution in [2.45, 2.75) is 19.4 Å². The van der Waals surface area contributed by atoms with Crippen LogP contribution in [-0.2, 0) is 0 Å². The van der Waals surface area contributed by atoms with Crippen molar-refractivity contribution in [2.75, 3.05) is 0 Å². The Hall–Kier alpha value is -1.88. The van der Waals surface area contributed by atoms with Crippen molar-refractivity contribution in [3.05, 3.63) is 35.9 Å². The predicted molar refractivity (Wildman–Crippen MR) is 61.4 cm³/mol. The van der Waals surface area contributed by atoms with E-state index in [1.54, 1.807) is 38.1 Å². The number of carbonyl (C=O) groups is 1. The third-order valence-electron chi connectivity index (χ3n) is 1.91. The van der Waals surface area contributed by atoms with Crippen molar-refractivity contribution in [3.8, 4) is 0 Å². The number of nitrogens with one attached hydrogen (secondary N) is 2. The molecule has 5 nitrogen and oxygen atoms in total. The molecule has 1 aromatic carbocycles. The summed E-state index contributed by atoms with van der Waals surface area (Å²) < 4.78 is 0. The van der Waals surface area contributed by atoms with Crippen LogP contribution in [0.5, 0.6) is 0 Å². The van der Waals surface area contributed by atoms with Gasteiger partial charge >= 0.3 is 0 Å². The quantitative estimate of drug-likeness (QED) is 0.406. The Morgan fingerprint density at radius 3 is 2.56 bits per heavy atom. The van der Waals surface area contributed by atoms with Gasteiger partial charge in [0.2, 0.25) is 0 Å². The molecule has 0 radical (unpaired) electrons. The molecule has 0 saturated carbocycles. The second-order valence-electron chi connectivity index (χ2n) is 3.91. The van der Waals surface area contributed by atoms with Gasteiger partial charge in [-0.25, -0.2) is 5.43 Å². The van der Waals surface area contributed by atoms with E-state index >= 15 is 0 Å². The zero-order chi connectivity index (χ0) is 12.0. The van der Waals surface area contributed by atoms with E-state index < -0.39 is 5.54 Å². The molecule has 86 valence electrons. The van der Waals surface area contributed by atoms with Crippen LogP contribution in [-0.4, -0.2) is 22.9 Å². The number of hydrazine groups is 1. The molecular weight excluding hydrogens is 206 g/mol. The normalized spacial score (nSPS) is 11.6. The van der Waals surface area contributed by atoms with Gasteiger partial charge in [-0.3, -0.25) is 10.2 Å². The number of rotatable bonds is 4. The van der Waals surface area contributed by atoms with Crippen LogP contribution in [0.3, 0.4) is 0 Å². The van der Waals surface area contributed by atoms with E-state index in [1.165, 1.54) is 6.21 Å². The van der Waals surface area contributed by atoms with Crippen LogP contribution in [0.1, 0.15) is 24.2 Å². The van der Waals surface area contributed by atoms with Gasteiger partial charge in [0.15, 0.2) is 0 Å². The number of carbonyl (C=O) groups excluding carboxylic acids is 1. The van der Waals surface area contributed by atoms with Gasteiger partial charge in [0.25, 0.3) is 5.91 Å². The van der Waals surface area contributed by atoms with Crippen LogP contribution >= 0.6 is 0 Å². The maximum atomic E-state index is 11.6. The topological polar surface area (TPSA) is 73.7 Å². The van der Waals surface area contributed by atoms with Crippen molar-refractivity contribution in [3.63, 3.8) is 0 Å². The Bertz CT molecular complexity index is 374. The predicted octanol–water partition coefficient (Wildman–Crippen LogP) is 1.16. The standard InChI is InChI=1S/C11H15N3O2/c1-11(2,8-12-16)14-13-10(15)9-6-4-3-5-7-9/h3-8,14,16H,1-2H3,(H,13,15). The second-order valence-corrected chi connectivity index (χ2v) is 3.91. The third kappa shape index (κ3) is 3.70. The summed E-state index contributed by atoms with van der Waals surface area (Å²) in [5, 5.41) is 11.3. The summed E-state index contributed by atoms with van der Waals surface area (Å²) in [7, 11) is 0. The fourth-order valence-electron chi connectivity index (χ4n) is 1.06. The summed E-state index contributed by atoms with van der Waals surface area (Å²) in [6.07, 6.45) is 1.29. The first-order valence-electron chi connectivity index (χ1n) is 4.86. The lowest BCUT2D eigenvalue weighted by atomic mass is 10.1. The highest BCUT2D eigenvalue weighted by molar-refractivity contribution is 5.93. The monoisotopic (exact) mass is 221 g/mol. The summed E-state index contributed by atoms with van der Waals surface area (Å²) in [4.78, 5) is 11.6. The Morgan fingerprint density at radius 1 is 1.38 bits per heavy atom. The van der Waals surface area contributed by atoms with Gasteiger partial charge in [-0.05, 0) is 26.0 Å². The summed E-state index contributed by atoms with van der Waals surface area (Å²) in [5.74, 6) is -0.236. The van der Waals surface area contributed by atoms with Gasteiger partial charge in [-0.15, -0.1) is 5.16 Å². The molecule has 0 spiro atoms. The van der Waals surface area contributed by atoms with Crippen molar-refractivity contribution in [1.82, 2.24) is 10.9 Å². The van der Waals surface area contributed by atoms with Gasteiger partial charge < -0.3 is 5.21 Å². The number of amides is 1. The fraction of sp³-hybridized carbons (Fsp3) is 0.273. The van der Waals surface area contributed by atoms with Gasteiger partial charge in [0.1, 0.15) is 0 Å². The first kappa shape index (κ1) is 12.2. The first-order chi connectivity index (χ1) is 7.55. The minimum absolute atomic E-state index is 0.236. The molecule has 0 aromatic heterocycles. The highest BCUT2D eigenvalue weighted by Crippen LogP contribution is 1.99. The number of hydrogen-bond donors (Lipinski definition) is 3. The lowest BCUT2D eigenvalue weighted by molar-refractivity contribution is 0.0922. The molecule has 0 unspecified atom stereocenters. The van der Waals surface area contributed by atoms with Gasteiger partial charge in [-0.2, -0.15) is 0 Å². The minimum Gasteiger partial charge on any atom is -0.411 e. The number of nitrogens with zero attached hydrogens (tertiary/aromatic N) is 1. The summed E-state index contributed by atoms with van der Waals surface area (Å²) in [6, 6.07) is 8.84. The fourth-order valence-corrected chi connectivity index (χ4v) is 1.06. The molecule has 5 heteroatoms. The molecule has 0 saturated heterocycles. The van der Waals surface area contributed by atoms with Crippen molar-refractivity contribution in [1.29, 1.82) is 0 Å². The Balaban J connectivity index is 2.54. The van der Waals surface area contributed by atoms with E-state index in [0.717, 1.165) is 0 Å². The highest BCUT2D eigenvalue weighted by atomic mass is 16.4. The Labute approximate surface area is 94.1 Å². The zero-order valence-corrected chi connectivity index (χ0v) is 9.27. The molecule has 1 rings (SSSR count). The van der Waals surface area contributed by atoms with E-state index in [1.807, 2.05) is 6.07 Å². The smallest absolute Gasteiger partial charge is 0.265 e. The minimum atomic E-state index is -0.612. The van der Waals surface area contributed by atoms with E-state index in [9.17, 15) is 4.79 Å². The average Bonchev–Trinajstić information content (AvgIpc) is 2.27. The van der Waals surface area contributed by atoms with Crippen LogP contribution in [0.2, 0.25) is 0 Å². The van der Waals surface area contributed by atoms with E-state index in [0.29, 0.717) is 5.56 Å². The molecule has 0 fully saturated rings. The molecule has 0 bridgehead atoms. The largest absolute Gasteiger partial charge is 0.411 e. The molecule has 0 heterocycles. The summed E-state index contributed by atoms with van der Waals surface area (Å²) in [6.45, 7) is 3.52. The molecule has 0 aliphatic rings. The lowest BCUT2D eigenvalue weighted by Gasteiger charge is -2.20. The first-order valence-corrected chi connectivity index (χ1v) is 4.86. The summed E-state index contributed by atoms with van der Waals surface area (Å²) >= 11 is 0. The Morgan fingerprint density at radius 2 is 2.00 bits per heavy atom. The molecule has 1 aromatic rings. The van der Waals surface area contributed by atoms with Crippen molar-refractivity contribution >= 4 is 12.1 Å². The highest BCUT2D eigenvalue weighted by Gasteiger charge is 2.15. The van der Waals surface area contributed by atoms with E-state index in [4.69, 9.17) is 5.21 Å². The summed E-state index contributed by atoms with van der Waals surface area (Å²) in [5.41, 5.74) is 5.23. The van der Waals surface area contributed by atoms with Crippen LogP contribution in [0.25, 0.3) is 0 Å².